The van der Waals surface area contributed by atoms with Crippen molar-refractivity contribution in [2.45, 2.75) is 64.5 Å². The summed E-state index contributed by atoms with van der Waals surface area (Å²) in [6, 6.07) is 5.80. The summed E-state index contributed by atoms with van der Waals surface area (Å²) in [6.45, 7) is 2.59. The molecule has 2 saturated carbocycles. The maximum Gasteiger partial charge on any atom is 0.257 e. The van der Waals surface area contributed by atoms with Gasteiger partial charge in [-0.15, -0.1) is 0 Å². The van der Waals surface area contributed by atoms with Gasteiger partial charge in [-0.1, -0.05) is 31.7 Å². The second-order valence-corrected chi connectivity index (χ2v) is 8.02. The number of hydrogen-bond acceptors (Lipinski definition) is 3. The highest BCUT2D eigenvalue weighted by Gasteiger charge is 2.29. The number of hydrogen-bond donors (Lipinski definition) is 1. The van der Waals surface area contributed by atoms with E-state index < -0.39 is 0 Å². The summed E-state index contributed by atoms with van der Waals surface area (Å²) in [7, 11) is 0. The molecule has 2 aromatic heterocycles. The standard InChI is InChI=1S/C22H27N3O2/c1-15-11-20(26)21(22(27)24-18-8-9-18)19(12-16-5-2-3-6-16)25(15)14-17-7-4-10-23-13-17/h4,7,10-11,13,16,18H,2-3,5-6,8-9,12,14H2,1H3,(H,24,27). The minimum atomic E-state index is -0.199. The van der Waals surface area contributed by atoms with E-state index in [1.165, 1.54) is 25.7 Å². The number of pyridine rings is 2. The zero-order valence-electron chi connectivity index (χ0n) is 15.9. The SMILES string of the molecule is Cc1cc(=O)c(C(=O)NC2CC2)c(CC2CCCC2)n1Cc1cccnc1. The van der Waals surface area contributed by atoms with Crippen molar-refractivity contribution in [1.29, 1.82) is 0 Å². The highest BCUT2D eigenvalue weighted by molar-refractivity contribution is 5.95. The quantitative estimate of drug-likeness (QED) is 0.855. The van der Waals surface area contributed by atoms with Gasteiger partial charge in [-0.25, -0.2) is 0 Å². The molecule has 0 unspecified atom stereocenters. The van der Waals surface area contributed by atoms with Gasteiger partial charge in [0.1, 0.15) is 5.56 Å². The van der Waals surface area contributed by atoms with E-state index in [2.05, 4.69) is 14.9 Å². The minimum Gasteiger partial charge on any atom is -0.349 e. The summed E-state index contributed by atoms with van der Waals surface area (Å²) in [6.07, 6.45) is 11.3. The van der Waals surface area contributed by atoms with Gasteiger partial charge >= 0.3 is 0 Å². The fraction of sp³-hybridized carbons (Fsp3) is 0.500. The van der Waals surface area contributed by atoms with Gasteiger partial charge in [0.2, 0.25) is 0 Å². The van der Waals surface area contributed by atoms with Gasteiger partial charge in [-0.05, 0) is 43.7 Å². The molecule has 2 aliphatic carbocycles. The zero-order chi connectivity index (χ0) is 18.8. The van der Waals surface area contributed by atoms with Gasteiger partial charge < -0.3 is 9.88 Å². The summed E-state index contributed by atoms with van der Waals surface area (Å²) in [5.41, 5.74) is 3.07. The third-order valence-corrected chi connectivity index (χ3v) is 5.79. The van der Waals surface area contributed by atoms with E-state index in [4.69, 9.17) is 0 Å². The van der Waals surface area contributed by atoms with Crippen LogP contribution in [0.15, 0.2) is 35.4 Å². The second-order valence-electron chi connectivity index (χ2n) is 8.02. The molecule has 2 heterocycles. The predicted molar refractivity (Wildman–Crippen MR) is 105 cm³/mol. The number of aryl methyl sites for hydroxylation is 1. The number of carbonyl (C=O) groups excluding carboxylic acids is 1. The topological polar surface area (TPSA) is 64.0 Å². The van der Waals surface area contributed by atoms with Crippen molar-refractivity contribution >= 4 is 5.91 Å². The Morgan fingerprint density at radius 1 is 1.26 bits per heavy atom. The Morgan fingerprint density at radius 3 is 2.70 bits per heavy atom. The van der Waals surface area contributed by atoms with Crippen molar-refractivity contribution in [3.8, 4) is 0 Å². The Kier molecular flexibility index (Phi) is 5.10. The molecule has 0 atom stereocenters. The molecule has 0 radical (unpaired) electrons. The molecule has 2 aromatic rings. The first-order chi connectivity index (χ1) is 13.1. The molecule has 0 aliphatic heterocycles. The maximum atomic E-state index is 12.9. The molecule has 0 aromatic carbocycles. The van der Waals surface area contributed by atoms with Crippen LogP contribution in [0.25, 0.3) is 0 Å². The number of amides is 1. The van der Waals surface area contributed by atoms with E-state index in [9.17, 15) is 9.59 Å². The van der Waals surface area contributed by atoms with Gasteiger partial charge in [0.15, 0.2) is 5.43 Å². The van der Waals surface area contributed by atoms with Crippen LogP contribution in [-0.2, 0) is 13.0 Å². The molecule has 142 valence electrons. The number of carbonyl (C=O) groups is 1. The third kappa shape index (κ3) is 4.12. The molecule has 0 bridgehead atoms. The average molecular weight is 365 g/mol. The monoisotopic (exact) mass is 365 g/mol. The fourth-order valence-corrected chi connectivity index (χ4v) is 4.15. The summed E-state index contributed by atoms with van der Waals surface area (Å²) < 4.78 is 2.15. The Hall–Kier alpha value is -2.43. The van der Waals surface area contributed by atoms with E-state index in [0.717, 1.165) is 36.2 Å². The van der Waals surface area contributed by atoms with Crippen LogP contribution < -0.4 is 10.7 Å². The number of rotatable bonds is 6. The van der Waals surface area contributed by atoms with Crippen LogP contribution in [0.5, 0.6) is 0 Å². The van der Waals surface area contributed by atoms with Gasteiger partial charge in [-0.2, -0.15) is 0 Å². The fourth-order valence-electron chi connectivity index (χ4n) is 4.15. The van der Waals surface area contributed by atoms with Crippen LogP contribution >= 0.6 is 0 Å². The largest absolute Gasteiger partial charge is 0.349 e. The molecule has 2 fully saturated rings. The summed E-state index contributed by atoms with van der Waals surface area (Å²) in [4.78, 5) is 29.9. The van der Waals surface area contributed by atoms with E-state index in [1.807, 2.05) is 25.3 Å². The van der Waals surface area contributed by atoms with Crippen LogP contribution in [0, 0.1) is 12.8 Å². The van der Waals surface area contributed by atoms with Crippen molar-refractivity contribution in [2.75, 3.05) is 0 Å². The first-order valence-corrected chi connectivity index (χ1v) is 10.0. The molecule has 5 heteroatoms. The van der Waals surface area contributed by atoms with Crippen molar-refractivity contribution < 1.29 is 4.79 Å². The van der Waals surface area contributed by atoms with Crippen LogP contribution in [-0.4, -0.2) is 21.5 Å². The van der Waals surface area contributed by atoms with Crippen LogP contribution in [0.4, 0.5) is 0 Å². The van der Waals surface area contributed by atoms with Crippen molar-refractivity contribution in [3.63, 3.8) is 0 Å². The summed E-state index contributed by atoms with van der Waals surface area (Å²) >= 11 is 0. The molecule has 0 saturated heterocycles. The molecule has 27 heavy (non-hydrogen) atoms. The second kappa shape index (κ2) is 7.67. The average Bonchev–Trinajstić information content (AvgIpc) is 3.31. The van der Waals surface area contributed by atoms with Crippen LogP contribution in [0.2, 0.25) is 0 Å². The van der Waals surface area contributed by atoms with Crippen molar-refractivity contribution in [2.24, 2.45) is 5.92 Å². The Morgan fingerprint density at radius 2 is 2.04 bits per heavy atom. The predicted octanol–water partition coefficient (Wildman–Crippen LogP) is 3.22. The minimum absolute atomic E-state index is 0.152. The molecule has 1 N–H and O–H groups in total. The highest BCUT2D eigenvalue weighted by Crippen LogP contribution is 2.29. The molecule has 2 aliphatic rings. The van der Waals surface area contributed by atoms with E-state index >= 15 is 0 Å². The Bertz CT molecular complexity index is 878. The molecule has 4 rings (SSSR count). The molecular formula is C22H27N3O2. The van der Waals surface area contributed by atoms with Crippen LogP contribution in [0.1, 0.15) is 65.8 Å². The number of aromatic nitrogens is 2. The summed E-state index contributed by atoms with van der Waals surface area (Å²) in [5, 5.41) is 3.02. The molecule has 5 nitrogen and oxygen atoms in total. The van der Waals surface area contributed by atoms with E-state index in [-0.39, 0.29) is 17.4 Å². The number of nitrogens with one attached hydrogen (secondary N) is 1. The third-order valence-electron chi connectivity index (χ3n) is 5.79. The smallest absolute Gasteiger partial charge is 0.257 e. The lowest BCUT2D eigenvalue weighted by Crippen LogP contribution is -2.34. The highest BCUT2D eigenvalue weighted by atomic mass is 16.2. The Labute approximate surface area is 159 Å². The van der Waals surface area contributed by atoms with E-state index in [1.54, 1.807) is 12.3 Å². The normalized spacial score (nSPS) is 17.2. The zero-order valence-corrected chi connectivity index (χ0v) is 15.9. The molecule has 0 spiro atoms. The number of nitrogens with zero attached hydrogens (tertiary/aromatic N) is 2. The van der Waals surface area contributed by atoms with Crippen molar-refractivity contribution in [3.05, 3.63) is 63.3 Å². The van der Waals surface area contributed by atoms with Gasteiger partial charge in [0, 0.05) is 42.4 Å². The summed E-state index contributed by atoms with van der Waals surface area (Å²) in [5.74, 6) is 0.356. The lowest BCUT2D eigenvalue weighted by molar-refractivity contribution is 0.0947. The van der Waals surface area contributed by atoms with Crippen LogP contribution in [0.3, 0.4) is 0 Å². The molecule has 1 amide bonds. The lowest BCUT2D eigenvalue weighted by atomic mass is 9.96. The van der Waals surface area contributed by atoms with Gasteiger partial charge in [0.25, 0.3) is 5.91 Å². The van der Waals surface area contributed by atoms with Gasteiger partial charge in [0.05, 0.1) is 0 Å². The Balaban J connectivity index is 1.76. The first-order valence-electron chi connectivity index (χ1n) is 10.0. The lowest BCUT2D eigenvalue weighted by Gasteiger charge is -2.22. The molecular weight excluding hydrogens is 338 g/mol. The van der Waals surface area contributed by atoms with Gasteiger partial charge in [-0.3, -0.25) is 14.6 Å². The maximum absolute atomic E-state index is 12.9. The first kappa shape index (κ1) is 18.0. The van der Waals surface area contributed by atoms with E-state index in [0.29, 0.717) is 18.0 Å². The van der Waals surface area contributed by atoms with Crippen molar-refractivity contribution in [1.82, 2.24) is 14.9 Å².